The van der Waals surface area contributed by atoms with E-state index in [1.807, 2.05) is 30.3 Å². The second kappa shape index (κ2) is 10.7. The minimum atomic E-state index is -1.18. The van der Waals surface area contributed by atoms with Crippen LogP contribution in [0.3, 0.4) is 0 Å². The van der Waals surface area contributed by atoms with E-state index < -0.39 is 46.7 Å². The molecular formula is C30H38N4O7. The van der Waals surface area contributed by atoms with Crippen LogP contribution >= 0.6 is 0 Å². The van der Waals surface area contributed by atoms with Crippen LogP contribution in [0.2, 0.25) is 0 Å². The van der Waals surface area contributed by atoms with Gasteiger partial charge in [-0.3, -0.25) is 4.79 Å². The van der Waals surface area contributed by atoms with Gasteiger partial charge in [-0.2, -0.15) is 0 Å². The van der Waals surface area contributed by atoms with Crippen LogP contribution in [0.1, 0.15) is 60.6 Å². The van der Waals surface area contributed by atoms with E-state index in [0.717, 1.165) is 5.56 Å². The predicted octanol–water partition coefficient (Wildman–Crippen LogP) is 4.96. The summed E-state index contributed by atoms with van der Waals surface area (Å²) in [5.74, 6) is -1.37. The van der Waals surface area contributed by atoms with Crippen LogP contribution in [0.5, 0.6) is 5.75 Å². The van der Waals surface area contributed by atoms with Gasteiger partial charge in [0.1, 0.15) is 34.5 Å². The number of pyridine rings is 1. The van der Waals surface area contributed by atoms with Crippen LogP contribution in [-0.4, -0.2) is 67.9 Å². The Morgan fingerprint density at radius 1 is 1.15 bits per heavy atom. The summed E-state index contributed by atoms with van der Waals surface area (Å²) in [4.78, 5) is 44.9. The summed E-state index contributed by atoms with van der Waals surface area (Å²) in [6.07, 6.45) is -0.751. The Bertz CT molecular complexity index is 1460. The monoisotopic (exact) mass is 566 g/mol. The van der Waals surface area contributed by atoms with E-state index in [-0.39, 0.29) is 13.0 Å². The number of nitrogens with one attached hydrogen (secondary N) is 1. The van der Waals surface area contributed by atoms with Crippen LogP contribution in [0, 0.1) is 12.3 Å². The molecular weight excluding hydrogens is 528 g/mol. The van der Waals surface area contributed by atoms with Crippen molar-refractivity contribution in [3.05, 3.63) is 42.1 Å². The quantitative estimate of drug-likeness (QED) is 0.423. The summed E-state index contributed by atoms with van der Waals surface area (Å²) >= 11 is 0. The lowest BCUT2D eigenvalue weighted by Crippen LogP contribution is -2.57. The van der Waals surface area contributed by atoms with E-state index in [1.54, 1.807) is 61.5 Å². The van der Waals surface area contributed by atoms with Gasteiger partial charge in [-0.05, 0) is 40.0 Å². The van der Waals surface area contributed by atoms with Gasteiger partial charge in [-0.1, -0.05) is 56.3 Å². The Kier molecular flexibility index (Phi) is 7.77. The number of carboxylic acid groups (broad SMARTS) is 1. The molecule has 0 saturated carbocycles. The molecule has 2 N–H and O–H groups in total. The summed E-state index contributed by atoms with van der Waals surface area (Å²) in [6.45, 7) is 14.0. The van der Waals surface area contributed by atoms with Gasteiger partial charge in [0, 0.05) is 18.1 Å². The van der Waals surface area contributed by atoms with Crippen molar-refractivity contribution in [2.45, 2.75) is 85.1 Å². The minimum Gasteiger partial charge on any atom is -0.481 e. The molecule has 220 valence electrons. The zero-order chi connectivity index (χ0) is 30.3. The van der Waals surface area contributed by atoms with E-state index in [9.17, 15) is 19.5 Å². The molecule has 1 aliphatic rings. The lowest BCUT2D eigenvalue weighted by atomic mass is 9.85. The fourth-order valence-electron chi connectivity index (χ4n) is 4.92. The number of alkyl carbamates (subject to hydrolysis) is 1. The molecule has 1 aliphatic heterocycles. The zero-order valence-corrected chi connectivity index (χ0v) is 24.8. The zero-order valence-electron chi connectivity index (χ0n) is 24.8. The fraction of sp³-hybridized carbons (Fsp3) is 0.500. The third-order valence-corrected chi connectivity index (χ3v) is 6.83. The number of carbonyl (C=O) groups excluding carboxylic acids is 2. The molecule has 0 radical (unpaired) electrons. The molecule has 3 atom stereocenters. The molecule has 1 fully saturated rings. The number of ether oxygens (including phenoxy) is 2. The first-order valence-corrected chi connectivity index (χ1v) is 13.5. The first-order chi connectivity index (χ1) is 19.0. The van der Waals surface area contributed by atoms with Gasteiger partial charge in [0.05, 0.1) is 12.2 Å². The second-order valence-electron chi connectivity index (χ2n) is 12.8. The van der Waals surface area contributed by atoms with Crippen molar-refractivity contribution in [2.75, 3.05) is 6.54 Å². The maximum atomic E-state index is 13.9. The predicted molar refractivity (Wildman–Crippen MR) is 151 cm³/mol. The summed E-state index contributed by atoms with van der Waals surface area (Å²) < 4.78 is 17.4. The maximum absolute atomic E-state index is 13.9. The molecule has 4 rings (SSSR count). The Morgan fingerprint density at radius 3 is 2.39 bits per heavy atom. The van der Waals surface area contributed by atoms with E-state index >= 15 is 0 Å². The molecule has 11 heteroatoms. The van der Waals surface area contributed by atoms with Gasteiger partial charge in [0.15, 0.2) is 5.75 Å². The number of aryl methyl sites for hydroxylation is 1. The summed E-state index contributed by atoms with van der Waals surface area (Å²) in [5, 5.41) is 16.8. The van der Waals surface area contributed by atoms with Crippen molar-refractivity contribution >= 4 is 29.1 Å². The Labute approximate surface area is 239 Å². The molecule has 1 saturated heterocycles. The number of likely N-dealkylation sites (tertiary alicyclic amines) is 1. The van der Waals surface area contributed by atoms with Crippen LogP contribution in [0.4, 0.5) is 4.79 Å². The number of hydrogen-bond acceptors (Lipinski definition) is 8. The Hall–Kier alpha value is -4.15. The van der Waals surface area contributed by atoms with Gasteiger partial charge in [0.2, 0.25) is 11.5 Å². The van der Waals surface area contributed by atoms with E-state index in [4.69, 9.17) is 19.0 Å². The van der Waals surface area contributed by atoms with E-state index in [0.29, 0.717) is 28.2 Å². The third kappa shape index (κ3) is 6.61. The van der Waals surface area contributed by atoms with Gasteiger partial charge in [-0.25, -0.2) is 14.6 Å². The highest BCUT2D eigenvalue weighted by atomic mass is 16.6. The molecule has 1 aromatic carbocycles. The Morgan fingerprint density at radius 2 is 1.80 bits per heavy atom. The molecule has 0 spiro atoms. The molecule has 41 heavy (non-hydrogen) atoms. The summed E-state index contributed by atoms with van der Waals surface area (Å²) in [7, 11) is 0. The highest BCUT2D eigenvalue weighted by Crippen LogP contribution is 2.38. The SMILES string of the molecule is Cc1noc2c(O[C@@]3(C)C[C@@H](C(=O)O)N(C(=O)[C@@H](NC(=O)OC(C)(C)C)C(C)(C)C)C3)cc(-c3ccccc3)nc12. The summed E-state index contributed by atoms with van der Waals surface area (Å²) in [5.41, 5.74) is 0.328. The van der Waals surface area contributed by atoms with Gasteiger partial charge < -0.3 is 29.3 Å². The number of carbonyl (C=O) groups is 3. The molecule has 2 aromatic heterocycles. The normalized spacial score (nSPS) is 20.1. The van der Waals surface area contributed by atoms with Crippen molar-refractivity contribution < 1.29 is 33.5 Å². The number of aromatic nitrogens is 2. The van der Waals surface area contributed by atoms with Crippen LogP contribution in [-0.2, 0) is 14.3 Å². The van der Waals surface area contributed by atoms with E-state index in [1.165, 1.54) is 4.90 Å². The number of hydrogen-bond donors (Lipinski definition) is 2. The first-order valence-electron chi connectivity index (χ1n) is 13.5. The van der Waals surface area contributed by atoms with E-state index in [2.05, 4.69) is 10.5 Å². The lowest BCUT2D eigenvalue weighted by molar-refractivity contribution is -0.150. The van der Waals surface area contributed by atoms with Crippen molar-refractivity contribution in [3.8, 4) is 17.0 Å². The smallest absolute Gasteiger partial charge is 0.408 e. The highest BCUT2D eigenvalue weighted by Gasteiger charge is 2.51. The maximum Gasteiger partial charge on any atom is 0.408 e. The van der Waals surface area contributed by atoms with Gasteiger partial charge in [0.25, 0.3) is 0 Å². The van der Waals surface area contributed by atoms with Gasteiger partial charge >= 0.3 is 12.1 Å². The number of amides is 2. The molecule has 3 aromatic rings. The minimum absolute atomic E-state index is 0.00891. The number of aliphatic carboxylic acids is 1. The Balaban J connectivity index is 1.67. The van der Waals surface area contributed by atoms with Crippen molar-refractivity contribution in [1.29, 1.82) is 0 Å². The molecule has 11 nitrogen and oxygen atoms in total. The highest BCUT2D eigenvalue weighted by molar-refractivity contribution is 5.91. The molecule has 0 unspecified atom stereocenters. The van der Waals surface area contributed by atoms with Crippen LogP contribution < -0.4 is 10.1 Å². The fourth-order valence-corrected chi connectivity index (χ4v) is 4.92. The second-order valence-corrected chi connectivity index (χ2v) is 12.8. The third-order valence-electron chi connectivity index (χ3n) is 6.83. The average Bonchev–Trinajstić information content (AvgIpc) is 3.41. The number of carboxylic acids is 1. The number of benzene rings is 1. The van der Waals surface area contributed by atoms with Crippen LogP contribution in [0.25, 0.3) is 22.4 Å². The molecule has 2 amide bonds. The van der Waals surface area contributed by atoms with Crippen molar-refractivity contribution in [3.63, 3.8) is 0 Å². The lowest BCUT2D eigenvalue weighted by Gasteiger charge is -2.35. The molecule has 0 aliphatic carbocycles. The largest absolute Gasteiger partial charge is 0.481 e. The first kappa shape index (κ1) is 29.8. The topological polar surface area (TPSA) is 144 Å². The summed E-state index contributed by atoms with van der Waals surface area (Å²) in [6, 6.07) is 9.05. The van der Waals surface area contributed by atoms with Gasteiger partial charge in [-0.15, -0.1) is 0 Å². The molecule has 0 bridgehead atoms. The number of nitrogens with zero attached hydrogens (tertiary/aromatic N) is 3. The number of fused-ring (bicyclic) bond motifs is 1. The van der Waals surface area contributed by atoms with Crippen molar-refractivity contribution in [2.24, 2.45) is 5.41 Å². The number of rotatable bonds is 6. The molecule has 3 heterocycles. The standard InChI is InChI=1S/C30H38N4O7/c1-17-22-23(41-33-17)21(14-19(31-22)18-12-10-9-11-13-18)39-30(8)15-20(26(36)37)34(16-30)25(35)24(28(2,3)4)32-27(38)40-29(5,6)7/h9-14,20,24H,15-16H2,1-8H3,(H,32,38)(H,36,37)/t20-,24+,30-/m0/s1. The average molecular weight is 567 g/mol. The van der Waals surface area contributed by atoms with Crippen LogP contribution in [0.15, 0.2) is 40.9 Å². The van der Waals surface area contributed by atoms with Crippen molar-refractivity contribution in [1.82, 2.24) is 20.4 Å².